The third-order valence-electron chi connectivity index (χ3n) is 2.85. The molecule has 0 aliphatic carbocycles. The van der Waals surface area contributed by atoms with Gasteiger partial charge in [0.05, 0.1) is 13.7 Å². The second kappa shape index (κ2) is 6.11. The highest BCUT2D eigenvalue weighted by Crippen LogP contribution is 2.29. The van der Waals surface area contributed by atoms with Gasteiger partial charge in [-0.1, -0.05) is 24.3 Å². The largest absolute Gasteiger partial charge is 0.493 e. The maximum Gasteiger partial charge on any atom is 0.161 e. The fourth-order valence-electron chi connectivity index (χ4n) is 1.75. The Hall–Kier alpha value is -2.20. The van der Waals surface area contributed by atoms with Crippen molar-refractivity contribution in [2.75, 3.05) is 12.8 Å². The molecule has 19 heavy (non-hydrogen) atoms. The fourth-order valence-corrected chi connectivity index (χ4v) is 1.75. The Labute approximate surface area is 112 Å². The average molecular weight is 259 g/mol. The van der Waals surface area contributed by atoms with Crippen LogP contribution >= 0.6 is 0 Å². The van der Waals surface area contributed by atoms with Crippen LogP contribution in [0.5, 0.6) is 11.5 Å². The number of aliphatic hydroxyl groups excluding tert-OH is 1. The number of hydrogen-bond acceptors (Lipinski definition) is 4. The van der Waals surface area contributed by atoms with E-state index in [9.17, 15) is 0 Å². The molecule has 100 valence electrons. The third-order valence-corrected chi connectivity index (χ3v) is 2.85. The molecule has 0 aliphatic rings. The molecule has 3 N–H and O–H groups in total. The number of nitrogen functional groups attached to an aromatic ring is 1. The van der Waals surface area contributed by atoms with Gasteiger partial charge in [-0.15, -0.1) is 0 Å². The summed E-state index contributed by atoms with van der Waals surface area (Å²) < 4.78 is 10.9. The van der Waals surface area contributed by atoms with E-state index in [4.69, 9.17) is 20.3 Å². The third kappa shape index (κ3) is 3.17. The van der Waals surface area contributed by atoms with Crippen LogP contribution in [0.2, 0.25) is 0 Å². The summed E-state index contributed by atoms with van der Waals surface area (Å²) in [5.74, 6) is 1.23. The van der Waals surface area contributed by atoms with E-state index in [1.165, 1.54) is 0 Å². The molecule has 2 rings (SSSR count). The lowest BCUT2D eigenvalue weighted by Crippen LogP contribution is -2.01. The van der Waals surface area contributed by atoms with Crippen molar-refractivity contribution in [3.05, 3.63) is 53.6 Å². The molecule has 0 saturated carbocycles. The number of nitrogens with two attached hydrogens (primary N) is 1. The zero-order valence-electron chi connectivity index (χ0n) is 10.8. The minimum absolute atomic E-state index is 0.0255. The molecule has 0 aromatic heterocycles. The molecule has 0 bridgehead atoms. The Morgan fingerprint density at radius 2 is 1.89 bits per heavy atom. The molecule has 2 aromatic rings. The van der Waals surface area contributed by atoms with Crippen LogP contribution in [-0.2, 0) is 13.2 Å². The van der Waals surface area contributed by atoms with E-state index in [1.54, 1.807) is 25.3 Å². The molecule has 0 fully saturated rings. The average Bonchev–Trinajstić information content (AvgIpc) is 2.46. The van der Waals surface area contributed by atoms with Gasteiger partial charge >= 0.3 is 0 Å². The van der Waals surface area contributed by atoms with Crippen LogP contribution in [0.1, 0.15) is 11.1 Å². The number of para-hydroxylation sites is 1. The zero-order chi connectivity index (χ0) is 13.7. The molecule has 0 amide bonds. The molecular formula is C15H17NO3. The maximum atomic E-state index is 9.08. The van der Waals surface area contributed by atoms with Crippen LogP contribution < -0.4 is 15.2 Å². The smallest absolute Gasteiger partial charge is 0.161 e. The van der Waals surface area contributed by atoms with Crippen molar-refractivity contribution in [1.82, 2.24) is 0 Å². The number of anilines is 1. The highest BCUT2D eigenvalue weighted by molar-refractivity contribution is 5.47. The highest BCUT2D eigenvalue weighted by Gasteiger charge is 2.06. The molecule has 0 unspecified atom stereocenters. The van der Waals surface area contributed by atoms with Crippen LogP contribution in [0.15, 0.2) is 42.5 Å². The predicted molar refractivity (Wildman–Crippen MR) is 74.1 cm³/mol. The normalized spacial score (nSPS) is 10.2. The van der Waals surface area contributed by atoms with E-state index >= 15 is 0 Å². The van der Waals surface area contributed by atoms with Crippen molar-refractivity contribution in [2.45, 2.75) is 13.2 Å². The minimum Gasteiger partial charge on any atom is -0.493 e. The number of benzene rings is 2. The van der Waals surface area contributed by atoms with Crippen LogP contribution in [0.3, 0.4) is 0 Å². The van der Waals surface area contributed by atoms with Gasteiger partial charge in [-0.05, 0) is 23.8 Å². The summed E-state index contributed by atoms with van der Waals surface area (Å²) in [4.78, 5) is 0. The summed E-state index contributed by atoms with van der Waals surface area (Å²) >= 11 is 0. The first-order valence-electron chi connectivity index (χ1n) is 5.98. The lowest BCUT2D eigenvalue weighted by atomic mass is 10.2. The van der Waals surface area contributed by atoms with E-state index in [1.807, 2.05) is 24.3 Å². The maximum absolute atomic E-state index is 9.08. The molecule has 4 nitrogen and oxygen atoms in total. The van der Waals surface area contributed by atoms with Gasteiger partial charge in [0.15, 0.2) is 11.5 Å². The van der Waals surface area contributed by atoms with Crippen LogP contribution in [0.25, 0.3) is 0 Å². The molecular weight excluding hydrogens is 242 g/mol. The van der Waals surface area contributed by atoms with Gasteiger partial charge in [0, 0.05) is 11.3 Å². The van der Waals surface area contributed by atoms with Crippen LogP contribution in [-0.4, -0.2) is 12.2 Å². The van der Waals surface area contributed by atoms with Crippen molar-refractivity contribution in [3.63, 3.8) is 0 Å². The summed E-state index contributed by atoms with van der Waals surface area (Å²) in [7, 11) is 1.57. The van der Waals surface area contributed by atoms with Crippen molar-refractivity contribution in [1.29, 1.82) is 0 Å². The molecule has 4 heteroatoms. The highest BCUT2D eigenvalue weighted by atomic mass is 16.5. The number of hydrogen-bond donors (Lipinski definition) is 2. The van der Waals surface area contributed by atoms with E-state index < -0.39 is 0 Å². The Balaban J connectivity index is 2.13. The Kier molecular flexibility index (Phi) is 4.26. The molecule has 0 radical (unpaired) electrons. The van der Waals surface area contributed by atoms with Gasteiger partial charge in [-0.25, -0.2) is 0 Å². The fraction of sp³-hybridized carbons (Fsp3) is 0.200. The quantitative estimate of drug-likeness (QED) is 0.809. The first kappa shape index (κ1) is 13.2. The second-order valence-corrected chi connectivity index (χ2v) is 4.13. The van der Waals surface area contributed by atoms with Gasteiger partial charge in [-0.2, -0.15) is 0 Å². The SMILES string of the molecule is COc1cc(CO)ccc1OCc1ccccc1N. The van der Waals surface area contributed by atoms with Gasteiger partial charge in [0.25, 0.3) is 0 Å². The summed E-state index contributed by atoms with van der Waals surface area (Å²) in [5.41, 5.74) is 8.27. The first-order valence-corrected chi connectivity index (χ1v) is 5.98. The van der Waals surface area contributed by atoms with E-state index in [-0.39, 0.29) is 6.61 Å². The number of methoxy groups -OCH3 is 1. The lowest BCUT2D eigenvalue weighted by molar-refractivity contribution is 0.274. The van der Waals surface area contributed by atoms with Gasteiger partial charge < -0.3 is 20.3 Å². The van der Waals surface area contributed by atoms with Gasteiger partial charge in [0.1, 0.15) is 6.61 Å². The zero-order valence-corrected chi connectivity index (χ0v) is 10.8. The minimum atomic E-state index is -0.0255. The van der Waals surface area contributed by atoms with E-state index in [0.717, 1.165) is 11.1 Å². The van der Waals surface area contributed by atoms with Crippen molar-refractivity contribution < 1.29 is 14.6 Å². The van der Waals surface area contributed by atoms with Crippen molar-refractivity contribution >= 4 is 5.69 Å². The number of rotatable bonds is 5. The van der Waals surface area contributed by atoms with Gasteiger partial charge in [-0.3, -0.25) is 0 Å². The Bertz CT molecular complexity index is 555. The second-order valence-electron chi connectivity index (χ2n) is 4.13. The van der Waals surface area contributed by atoms with Gasteiger partial charge in [0.2, 0.25) is 0 Å². The summed E-state index contributed by atoms with van der Waals surface area (Å²) in [5, 5.41) is 9.08. The molecule has 2 aromatic carbocycles. The van der Waals surface area contributed by atoms with Crippen LogP contribution in [0, 0.1) is 0 Å². The topological polar surface area (TPSA) is 64.7 Å². The Morgan fingerprint density at radius 3 is 2.58 bits per heavy atom. The number of ether oxygens (including phenoxy) is 2. The molecule has 0 spiro atoms. The first-order chi connectivity index (χ1) is 9.24. The van der Waals surface area contributed by atoms with Crippen molar-refractivity contribution in [2.24, 2.45) is 0 Å². The summed E-state index contributed by atoms with van der Waals surface area (Å²) in [6.45, 7) is 0.351. The molecule has 0 heterocycles. The summed E-state index contributed by atoms with van der Waals surface area (Å²) in [6.07, 6.45) is 0. The Morgan fingerprint density at radius 1 is 1.11 bits per heavy atom. The lowest BCUT2D eigenvalue weighted by Gasteiger charge is -2.12. The number of aliphatic hydroxyl groups is 1. The standard InChI is InChI=1S/C15H17NO3/c1-18-15-8-11(9-17)6-7-14(15)19-10-12-4-2-3-5-13(12)16/h2-8,17H,9-10,16H2,1H3. The molecule has 0 aliphatic heterocycles. The molecule has 0 saturated heterocycles. The molecule has 0 atom stereocenters. The van der Waals surface area contributed by atoms with E-state index in [2.05, 4.69) is 0 Å². The van der Waals surface area contributed by atoms with E-state index in [0.29, 0.717) is 23.8 Å². The summed E-state index contributed by atoms with van der Waals surface area (Å²) in [6, 6.07) is 12.9. The predicted octanol–water partition coefficient (Wildman–Crippen LogP) is 2.35. The van der Waals surface area contributed by atoms with Crippen molar-refractivity contribution in [3.8, 4) is 11.5 Å². The monoisotopic (exact) mass is 259 g/mol. The van der Waals surface area contributed by atoms with Crippen LogP contribution in [0.4, 0.5) is 5.69 Å².